The summed E-state index contributed by atoms with van der Waals surface area (Å²) in [5.41, 5.74) is 3.16. The molecular formula is C14H16N6O. The van der Waals surface area contributed by atoms with Crippen LogP contribution in [0.25, 0.3) is 23.0 Å². The highest BCUT2D eigenvalue weighted by molar-refractivity contribution is 5.58. The van der Waals surface area contributed by atoms with Gasteiger partial charge in [-0.3, -0.25) is 4.68 Å². The largest absolute Gasteiger partial charge is 0.333 e. The number of rotatable bonds is 4. The van der Waals surface area contributed by atoms with E-state index in [4.69, 9.17) is 4.52 Å². The van der Waals surface area contributed by atoms with Gasteiger partial charge in [-0.1, -0.05) is 12.1 Å². The fraction of sp³-hybridized carbons (Fsp3) is 0.357. The van der Waals surface area contributed by atoms with Gasteiger partial charge in [0.2, 0.25) is 5.82 Å². The van der Waals surface area contributed by atoms with Gasteiger partial charge in [0.1, 0.15) is 5.69 Å². The van der Waals surface area contributed by atoms with E-state index in [1.807, 2.05) is 36.9 Å². The average Bonchev–Trinajstić information content (AvgIpc) is 3.07. The first-order chi connectivity index (χ1) is 10.2. The molecule has 3 rings (SSSR count). The summed E-state index contributed by atoms with van der Waals surface area (Å²) in [5, 5.41) is 16.4. The highest BCUT2D eigenvalue weighted by atomic mass is 16.5. The maximum absolute atomic E-state index is 5.33. The van der Waals surface area contributed by atoms with E-state index in [9.17, 15) is 0 Å². The summed E-state index contributed by atoms with van der Waals surface area (Å²) >= 11 is 0. The Morgan fingerprint density at radius 3 is 2.76 bits per heavy atom. The van der Waals surface area contributed by atoms with Gasteiger partial charge in [0.05, 0.1) is 17.0 Å². The molecule has 0 amide bonds. The minimum atomic E-state index is 0.431. The second-order valence-electron chi connectivity index (χ2n) is 4.87. The molecule has 0 saturated heterocycles. The van der Waals surface area contributed by atoms with Crippen molar-refractivity contribution < 1.29 is 4.52 Å². The molecule has 0 N–H and O–H groups in total. The fourth-order valence-electron chi connectivity index (χ4n) is 2.03. The van der Waals surface area contributed by atoms with E-state index in [1.165, 1.54) is 0 Å². The summed E-state index contributed by atoms with van der Waals surface area (Å²) in [6.45, 7) is 6.78. The van der Waals surface area contributed by atoms with Crippen molar-refractivity contribution in [1.82, 2.24) is 30.1 Å². The normalized spacial score (nSPS) is 11.0. The lowest BCUT2D eigenvalue weighted by Crippen LogP contribution is -1.96. The second kappa shape index (κ2) is 5.43. The van der Waals surface area contributed by atoms with Crippen LogP contribution in [0.15, 0.2) is 22.9 Å². The highest BCUT2D eigenvalue weighted by Gasteiger charge is 2.16. The third kappa shape index (κ3) is 2.67. The number of hydrogen-bond donors (Lipinski definition) is 0. The number of hydrogen-bond acceptors (Lipinski definition) is 6. The monoisotopic (exact) mass is 284 g/mol. The van der Waals surface area contributed by atoms with Crippen molar-refractivity contribution in [3.63, 3.8) is 0 Å². The first-order valence-electron chi connectivity index (χ1n) is 6.86. The molecule has 0 radical (unpaired) electrons. The van der Waals surface area contributed by atoms with E-state index in [0.717, 1.165) is 29.9 Å². The maximum atomic E-state index is 5.33. The Bertz CT molecular complexity index is 743. The molecule has 3 aromatic heterocycles. The van der Waals surface area contributed by atoms with Gasteiger partial charge in [0, 0.05) is 12.7 Å². The van der Waals surface area contributed by atoms with E-state index in [-0.39, 0.29) is 0 Å². The van der Waals surface area contributed by atoms with Crippen LogP contribution in [-0.4, -0.2) is 30.1 Å². The minimum absolute atomic E-state index is 0.431. The molecule has 0 aliphatic heterocycles. The first-order valence-corrected chi connectivity index (χ1v) is 6.86. The van der Waals surface area contributed by atoms with Crippen LogP contribution in [0.4, 0.5) is 0 Å². The number of nitrogens with zero attached hydrogens (tertiary/aromatic N) is 6. The molecule has 0 spiro atoms. The van der Waals surface area contributed by atoms with Gasteiger partial charge in [-0.05, 0) is 32.4 Å². The second-order valence-corrected chi connectivity index (χ2v) is 4.87. The number of aromatic nitrogens is 6. The van der Waals surface area contributed by atoms with Crippen molar-refractivity contribution in [2.24, 2.45) is 0 Å². The summed E-state index contributed by atoms with van der Waals surface area (Å²) in [6, 6.07) is 3.69. The topological polar surface area (TPSA) is 82.5 Å². The van der Waals surface area contributed by atoms with Crippen molar-refractivity contribution in [3.8, 4) is 23.0 Å². The van der Waals surface area contributed by atoms with Gasteiger partial charge in [0.25, 0.3) is 5.89 Å². The molecule has 0 aliphatic carbocycles. The van der Waals surface area contributed by atoms with Gasteiger partial charge in [0.15, 0.2) is 0 Å². The Labute approximate surface area is 122 Å². The van der Waals surface area contributed by atoms with E-state index in [2.05, 4.69) is 32.4 Å². The van der Waals surface area contributed by atoms with Crippen molar-refractivity contribution in [1.29, 1.82) is 0 Å². The molecule has 7 nitrogen and oxygen atoms in total. The molecule has 0 atom stereocenters. The average molecular weight is 284 g/mol. The quantitative estimate of drug-likeness (QED) is 0.731. The standard InChI is InChI=1S/C14H16N6O/c1-4-7-20-8-11(10(3)18-20)14-15-13(19-21-14)12-6-5-9(2)16-17-12/h5-6,8H,4,7H2,1-3H3. The minimum Gasteiger partial charge on any atom is -0.333 e. The van der Waals surface area contributed by atoms with Crippen LogP contribution in [0.1, 0.15) is 24.7 Å². The van der Waals surface area contributed by atoms with Crippen LogP contribution < -0.4 is 0 Å². The van der Waals surface area contributed by atoms with Gasteiger partial charge >= 0.3 is 0 Å². The Morgan fingerprint density at radius 2 is 2.05 bits per heavy atom. The molecule has 3 heterocycles. The third-order valence-corrected chi connectivity index (χ3v) is 3.08. The maximum Gasteiger partial charge on any atom is 0.261 e. The summed E-state index contributed by atoms with van der Waals surface area (Å²) in [5.74, 6) is 0.882. The van der Waals surface area contributed by atoms with Crippen LogP contribution in [0.5, 0.6) is 0 Å². The van der Waals surface area contributed by atoms with E-state index >= 15 is 0 Å². The van der Waals surface area contributed by atoms with Crippen molar-refractivity contribution in [2.45, 2.75) is 33.7 Å². The van der Waals surface area contributed by atoms with Crippen LogP contribution in [-0.2, 0) is 6.54 Å². The lowest BCUT2D eigenvalue weighted by molar-refractivity contribution is 0.431. The molecule has 0 aromatic carbocycles. The lowest BCUT2D eigenvalue weighted by atomic mass is 10.2. The Hall–Kier alpha value is -2.57. The van der Waals surface area contributed by atoms with Gasteiger partial charge in [-0.15, -0.1) is 5.10 Å². The van der Waals surface area contributed by atoms with Gasteiger partial charge in [-0.25, -0.2) is 0 Å². The third-order valence-electron chi connectivity index (χ3n) is 3.08. The van der Waals surface area contributed by atoms with Gasteiger partial charge < -0.3 is 4.52 Å². The molecule has 0 unspecified atom stereocenters. The summed E-state index contributed by atoms with van der Waals surface area (Å²) in [6.07, 6.45) is 2.95. The van der Waals surface area contributed by atoms with E-state index in [0.29, 0.717) is 17.4 Å². The van der Waals surface area contributed by atoms with Crippen molar-refractivity contribution in [2.75, 3.05) is 0 Å². The van der Waals surface area contributed by atoms with E-state index < -0.39 is 0 Å². The zero-order chi connectivity index (χ0) is 14.8. The lowest BCUT2D eigenvalue weighted by Gasteiger charge is -1.94. The fourth-order valence-corrected chi connectivity index (χ4v) is 2.03. The highest BCUT2D eigenvalue weighted by Crippen LogP contribution is 2.23. The molecule has 108 valence electrons. The van der Waals surface area contributed by atoms with Crippen molar-refractivity contribution in [3.05, 3.63) is 29.7 Å². The number of aryl methyl sites for hydroxylation is 3. The summed E-state index contributed by atoms with van der Waals surface area (Å²) in [7, 11) is 0. The predicted molar refractivity (Wildman–Crippen MR) is 76.3 cm³/mol. The molecule has 0 bridgehead atoms. The van der Waals surface area contributed by atoms with Crippen LogP contribution >= 0.6 is 0 Å². The molecule has 0 aliphatic rings. The zero-order valence-electron chi connectivity index (χ0n) is 12.2. The molecular weight excluding hydrogens is 268 g/mol. The summed E-state index contributed by atoms with van der Waals surface area (Å²) < 4.78 is 7.21. The Kier molecular flexibility index (Phi) is 3.47. The molecule has 7 heteroatoms. The Balaban J connectivity index is 1.92. The first kappa shape index (κ1) is 13.4. The zero-order valence-corrected chi connectivity index (χ0v) is 12.2. The smallest absolute Gasteiger partial charge is 0.261 e. The van der Waals surface area contributed by atoms with Crippen molar-refractivity contribution >= 4 is 0 Å². The SMILES string of the molecule is CCCn1cc(-c2nc(-c3ccc(C)nn3)no2)c(C)n1. The van der Waals surface area contributed by atoms with Gasteiger partial charge in [-0.2, -0.15) is 15.2 Å². The Morgan fingerprint density at radius 1 is 1.19 bits per heavy atom. The molecule has 21 heavy (non-hydrogen) atoms. The van der Waals surface area contributed by atoms with E-state index in [1.54, 1.807) is 0 Å². The molecule has 3 aromatic rings. The predicted octanol–water partition coefficient (Wildman–Crippen LogP) is 2.42. The molecule has 0 saturated carbocycles. The van der Waals surface area contributed by atoms with Crippen LogP contribution in [0.2, 0.25) is 0 Å². The van der Waals surface area contributed by atoms with Crippen LogP contribution in [0.3, 0.4) is 0 Å². The van der Waals surface area contributed by atoms with Crippen LogP contribution in [0, 0.1) is 13.8 Å². The molecule has 0 fully saturated rings. The summed E-state index contributed by atoms with van der Waals surface area (Å²) in [4.78, 5) is 4.38.